The summed E-state index contributed by atoms with van der Waals surface area (Å²) in [5.74, 6) is -0.478. The van der Waals surface area contributed by atoms with E-state index in [0.29, 0.717) is 0 Å². The molecule has 0 saturated heterocycles. The third-order valence-electron chi connectivity index (χ3n) is 1.99. The lowest BCUT2D eigenvalue weighted by atomic mass is 10.1. The van der Waals surface area contributed by atoms with Crippen LogP contribution in [0.3, 0.4) is 0 Å². The quantitative estimate of drug-likeness (QED) is 0.700. The van der Waals surface area contributed by atoms with E-state index in [1.807, 2.05) is 40.9 Å². The number of aromatic nitrogens is 2. The number of rotatable bonds is 2. The zero-order chi connectivity index (χ0) is 11.6. The molecule has 0 aliphatic carbocycles. The molecule has 4 nitrogen and oxygen atoms in total. The Morgan fingerprint density at radius 3 is 2.53 bits per heavy atom. The Bertz CT molecular complexity index is 350. The van der Waals surface area contributed by atoms with Gasteiger partial charge in [0.05, 0.1) is 12.1 Å². The molecule has 0 aromatic carbocycles. The van der Waals surface area contributed by atoms with Gasteiger partial charge in [0.15, 0.2) is 0 Å². The summed E-state index contributed by atoms with van der Waals surface area (Å²) >= 11 is 0. The molecule has 0 fully saturated rings. The molecule has 1 atom stereocenters. The molecule has 0 N–H and O–H groups in total. The van der Waals surface area contributed by atoms with Crippen molar-refractivity contribution in [3.8, 4) is 0 Å². The lowest BCUT2D eigenvalue weighted by Gasteiger charge is -2.21. The monoisotopic (exact) mass is 210 g/mol. The first kappa shape index (κ1) is 11.8. The van der Waals surface area contributed by atoms with Gasteiger partial charge in [-0.1, -0.05) is 0 Å². The predicted molar refractivity (Wildman–Crippen MR) is 57.5 cm³/mol. The zero-order valence-corrected chi connectivity index (χ0v) is 9.94. The number of nitrogens with zero attached hydrogens (tertiary/aromatic N) is 2. The second-order valence-corrected chi connectivity index (χ2v) is 4.70. The molecule has 1 aromatic heterocycles. The standard InChI is InChI=1S/C11H18N2O2/c1-8(9-6-12-13(5)7-9)10(14)15-11(2,3)4/h6-8H,1-5H3. The molecule has 1 unspecified atom stereocenters. The van der Waals surface area contributed by atoms with Gasteiger partial charge >= 0.3 is 5.97 Å². The van der Waals surface area contributed by atoms with Gasteiger partial charge in [-0.15, -0.1) is 0 Å². The highest BCUT2D eigenvalue weighted by atomic mass is 16.6. The highest BCUT2D eigenvalue weighted by Gasteiger charge is 2.23. The van der Waals surface area contributed by atoms with Crippen molar-refractivity contribution < 1.29 is 9.53 Å². The van der Waals surface area contributed by atoms with Gasteiger partial charge in [0, 0.05) is 18.8 Å². The second kappa shape index (κ2) is 4.04. The number of hydrogen-bond acceptors (Lipinski definition) is 3. The van der Waals surface area contributed by atoms with Crippen LogP contribution in [0, 0.1) is 0 Å². The van der Waals surface area contributed by atoms with Gasteiger partial charge in [0.25, 0.3) is 0 Å². The SMILES string of the molecule is CC(C(=O)OC(C)(C)C)c1cnn(C)c1. The Morgan fingerprint density at radius 1 is 1.53 bits per heavy atom. The van der Waals surface area contributed by atoms with E-state index < -0.39 is 5.60 Å². The van der Waals surface area contributed by atoms with Crippen LogP contribution in [0.25, 0.3) is 0 Å². The van der Waals surface area contributed by atoms with Crippen LogP contribution in [0.1, 0.15) is 39.2 Å². The van der Waals surface area contributed by atoms with E-state index in [-0.39, 0.29) is 11.9 Å². The first-order valence-electron chi connectivity index (χ1n) is 5.01. The maximum atomic E-state index is 11.7. The summed E-state index contributed by atoms with van der Waals surface area (Å²) < 4.78 is 6.96. The summed E-state index contributed by atoms with van der Waals surface area (Å²) in [4.78, 5) is 11.7. The molecule has 0 aliphatic heterocycles. The van der Waals surface area contributed by atoms with Crippen LogP contribution in [0.4, 0.5) is 0 Å². The molecular weight excluding hydrogens is 192 g/mol. The largest absolute Gasteiger partial charge is 0.460 e. The topological polar surface area (TPSA) is 44.1 Å². The number of ether oxygens (including phenoxy) is 1. The molecule has 15 heavy (non-hydrogen) atoms. The van der Waals surface area contributed by atoms with Crippen LogP contribution in [-0.2, 0) is 16.6 Å². The van der Waals surface area contributed by atoms with Crippen molar-refractivity contribution >= 4 is 5.97 Å². The molecule has 1 aromatic rings. The summed E-state index contributed by atoms with van der Waals surface area (Å²) in [6, 6.07) is 0. The average Bonchev–Trinajstić information content (AvgIpc) is 2.47. The summed E-state index contributed by atoms with van der Waals surface area (Å²) in [6.07, 6.45) is 3.52. The van der Waals surface area contributed by atoms with Gasteiger partial charge in [-0.25, -0.2) is 0 Å². The average molecular weight is 210 g/mol. The van der Waals surface area contributed by atoms with E-state index in [2.05, 4.69) is 5.10 Å². The zero-order valence-electron chi connectivity index (χ0n) is 9.94. The first-order chi connectivity index (χ1) is 6.79. The second-order valence-electron chi connectivity index (χ2n) is 4.70. The van der Waals surface area contributed by atoms with Crippen LogP contribution >= 0.6 is 0 Å². The number of carbonyl (C=O) groups is 1. The number of esters is 1. The minimum absolute atomic E-state index is 0.212. The number of carbonyl (C=O) groups excluding carboxylic acids is 1. The molecule has 84 valence electrons. The van der Waals surface area contributed by atoms with E-state index in [1.165, 1.54) is 0 Å². The molecular formula is C11H18N2O2. The normalized spacial score (nSPS) is 13.7. The molecule has 0 amide bonds. The Kier molecular flexibility index (Phi) is 3.17. The highest BCUT2D eigenvalue weighted by Crippen LogP contribution is 2.19. The number of aryl methyl sites for hydroxylation is 1. The molecule has 4 heteroatoms. The predicted octanol–water partition coefficient (Wildman–Crippen LogP) is 1.87. The smallest absolute Gasteiger partial charge is 0.313 e. The van der Waals surface area contributed by atoms with Crippen molar-refractivity contribution in [1.82, 2.24) is 9.78 Å². The molecule has 0 radical (unpaired) electrons. The molecule has 1 heterocycles. The first-order valence-corrected chi connectivity index (χ1v) is 5.01. The summed E-state index contributed by atoms with van der Waals surface area (Å²) in [6.45, 7) is 7.41. The maximum absolute atomic E-state index is 11.7. The van der Waals surface area contributed by atoms with E-state index in [4.69, 9.17) is 4.74 Å². The summed E-state index contributed by atoms with van der Waals surface area (Å²) in [7, 11) is 1.82. The lowest BCUT2D eigenvalue weighted by Crippen LogP contribution is -2.26. The van der Waals surface area contributed by atoms with E-state index in [0.717, 1.165) is 5.56 Å². The molecule has 0 spiro atoms. The van der Waals surface area contributed by atoms with Gasteiger partial charge < -0.3 is 4.74 Å². The fourth-order valence-electron chi connectivity index (χ4n) is 1.19. The van der Waals surface area contributed by atoms with Crippen molar-refractivity contribution in [3.05, 3.63) is 18.0 Å². The van der Waals surface area contributed by atoms with Crippen LogP contribution in [0.15, 0.2) is 12.4 Å². The lowest BCUT2D eigenvalue weighted by molar-refractivity contribution is -0.156. The van der Waals surface area contributed by atoms with Crippen molar-refractivity contribution in [1.29, 1.82) is 0 Å². The Morgan fingerprint density at radius 2 is 2.13 bits per heavy atom. The Hall–Kier alpha value is -1.32. The van der Waals surface area contributed by atoms with Crippen molar-refractivity contribution in [2.45, 2.75) is 39.2 Å². The third-order valence-corrected chi connectivity index (χ3v) is 1.99. The van der Waals surface area contributed by atoms with Gasteiger partial charge in [-0.2, -0.15) is 5.10 Å². The Labute approximate surface area is 90.2 Å². The van der Waals surface area contributed by atoms with E-state index in [9.17, 15) is 4.79 Å². The van der Waals surface area contributed by atoms with Gasteiger partial charge in [-0.3, -0.25) is 9.48 Å². The molecule has 0 saturated carbocycles. The van der Waals surface area contributed by atoms with Crippen molar-refractivity contribution in [3.63, 3.8) is 0 Å². The van der Waals surface area contributed by atoms with Crippen LogP contribution in [-0.4, -0.2) is 21.4 Å². The molecule has 0 aliphatic rings. The van der Waals surface area contributed by atoms with Crippen LogP contribution in [0.5, 0.6) is 0 Å². The van der Waals surface area contributed by atoms with Crippen molar-refractivity contribution in [2.24, 2.45) is 7.05 Å². The maximum Gasteiger partial charge on any atom is 0.313 e. The summed E-state index contributed by atoms with van der Waals surface area (Å²) in [5, 5.41) is 4.03. The third kappa shape index (κ3) is 3.38. The van der Waals surface area contributed by atoms with Gasteiger partial charge in [0.2, 0.25) is 0 Å². The minimum Gasteiger partial charge on any atom is -0.460 e. The fourth-order valence-corrected chi connectivity index (χ4v) is 1.19. The molecule has 1 rings (SSSR count). The highest BCUT2D eigenvalue weighted by molar-refractivity contribution is 5.77. The Balaban J connectivity index is 2.69. The van der Waals surface area contributed by atoms with E-state index >= 15 is 0 Å². The van der Waals surface area contributed by atoms with Crippen LogP contribution < -0.4 is 0 Å². The van der Waals surface area contributed by atoms with Gasteiger partial charge in [-0.05, 0) is 27.7 Å². The van der Waals surface area contributed by atoms with Gasteiger partial charge in [0.1, 0.15) is 5.60 Å². The molecule has 0 bridgehead atoms. The number of hydrogen-bond donors (Lipinski definition) is 0. The fraction of sp³-hybridized carbons (Fsp3) is 0.636. The minimum atomic E-state index is -0.437. The van der Waals surface area contributed by atoms with Crippen molar-refractivity contribution in [2.75, 3.05) is 0 Å². The van der Waals surface area contributed by atoms with Crippen LogP contribution in [0.2, 0.25) is 0 Å². The summed E-state index contributed by atoms with van der Waals surface area (Å²) in [5.41, 5.74) is 0.444. The van der Waals surface area contributed by atoms with E-state index in [1.54, 1.807) is 10.9 Å².